The maximum Gasteiger partial charge on any atom is 0.224 e. The van der Waals surface area contributed by atoms with Crippen molar-refractivity contribution < 1.29 is 4.84 Å². The summed E-state index contributed by atoms with van der Waals surface area (Å²) < 4.78 is 0. The van der Waals surface area contributed by atoms with Crippen molar-refractivity contribution in [3.63, 3.8) is 0 Å². The van der Waals surface area contributed by atoms with Crippen molar-refractivity contribution in [3.8, 4) is 0 Å². The Balaban J connectivity index is 1.92. The van der Waals surface area contributed by atoms with Crippen LogP contribution in [0.5, 0.6) is 0 Å². The zero-order chi connectivity index (χ0) is 10.7. The monoisotopic (exact) mass is 205 g/mol. The SMILES string of the molecule is C[C@@H](Cc1ccccc1)N1CC(=N)ON1. The highest BCUT2D eigenvalue weighted by atomic mass is 16.7. The molecule has 1 aliphatic heterocycles. The minimum Gasteiger partial charge on any atom is -0.377 e. The van der Waals surface area contributed by atoms with E-state index in [1.54, 1.807) is 0 Å². The molecule has 0 saturated carbocycles. The number of benzene rings is 1. The maximum atomic E-state index is 7.33. The van der Waals surface area contributed by atoms with Gasteiger partial charge in [-0.2, -0.15) is 5.01 Å². The van der Waals surface area contributed by atoms with E-state index in [0.717, 1.165) is 6.42 Å². The fraction of sp³-hybridized carbons (Fsp3) is 0.364. The van der Waals surface area contributed by atoms with Crippen molar-refractivity contribution in [3.05, 3.63) is 35.9 Å². The molecule has 0 spiro atoms. The van der Waals surface area contributed by atoms with Crippen LogP contribution in [0, 0.1) is 5.41 Å². The van der Waals surface area contributed by atoms with Crippen LogP contribution in [-0.4, -0.2) is 23.5 Å². The van der Waals surface area contributed by atoms with Crippen LogP contribution in [0.15, 0.2) is 30.3 Å². The van der Waals surface area contributed by atoms with Gasteiger partial charge in [0.2, 0.25) is 5.90 Å². The molecule has 15 heavy (non-hydrogen) atoms. The molecule has 2 rings (SSSR count). The predicted molar refractivity (Wildman–Crippen MR) is 58.3 cm³/mol. The van der Waals surface area contributed by atoms with Crippen LogP contribution in [0.2, 0.25) is 0 Å². The Morgan fingerprint density at radius 1 is 1.47 bits per heavy atom. The molecule has 2 N–H and O–H groups in total. The standard InChI is InChI=1S/C11H15N3O/c1-9(14-8-11(12)15-13-14)7-10-5-3-2-4-6-10/h2-6,9,12-13H,7-8H2,1H3/t9-/m0/s1. The van der Waals surface area contributed by atoms with Gasteiger partial charge in [-0.3, -0.25) is 5.41 Å². The lowest BCUT2D eigenvalue weighted by Gasteiger charge is -2.20. The highest BCUT2D eigenvalue weighted by molar-refractivity contribution is 5.75. The highest BCUT2D eigenvalue weighted by Gasteiger charge is 2.22. The summed E-state index contributed by atoms with van der Waals surface area (Å²) in [5.74, 6) is 0.273. The first-order chi connectivity index (χ1) is 7.25. The fourth-order valence-electron chi connectivity index (χ4n) is 1.64. The quantitative estimate of drug-likeness (QED) is 0.783. The van der Waals surface area contributed by atoms with Gasteiger partial charge >= 0.3 is 0 Å². The number of rotatable bonds is 3. The van der Waals surface area contributed by atoms with Gasteiger partial charge in [-0.15, -0.1) is 0 Å². The zero-order valence-electron chi connectivity index (χ0n) is 8.73. The summed E-state index contributed by atoms with van der Waals surface area (Å²) in [6, 6.07) is 10.6. The molecular formula is C11H15N3O. The Morgan fingerprint density at radius 3 is 2.80 bits per heavy atom. The molecule has 0 aliphatic carbocycles. The molecule has 0 amide bonds. The molecule has 1 aromatic carbocycles. The van der Waals surface area contributed by atoms with Gasteiger partial charge in [0.25, 0.3) is 0 Å². The average Bonchev–Trinajstić information content (AvgIpc) is 2.66. The van der Waals surface area contributed by atoms with Crippen molar-refractivity contribution in [1.29, 1.82) is 5.41 Å². The highest BCUT2D eigenvalue weighted by Crippen LogP contribution is 2.09. The lowest BCUT2D eigenvalue weighted by molar-refractivity contribution is 0.0277. The average molecular weight is 205 g/mol. The Kier molecular flexibility index (Phi) is 2.99. The fourth-order valence-corrected chi connectivity index (χ4v) is 1.64. The van der Waals surface area contributed by atoms with E-state index < -0.39 is 0 Å². The van der Waals surface area contributed by atoms with Crippen molar-refractivity contribution >= 4 is 5.90 Å². The topological polar surface area (TPSA) is 48.4 Å². The lowest BCUT2D eigenvalue weighted by Crippen LogP contribution is -2.39. The van der Waals surface area contributed by atoms with E-state index in [0.29, 0.717) is 12.6 Å². The van der Waals surface area contributed by atoms with E-state index in [-0.39, 0.29) is 5.90 Å². The van der Waals surface area contributed by atoms with Crippen LogP contribution in [0.25, 0.3) is 0 Å². The molecule has 4 heteroatoms. The Hall–Kier alpha value is -1.39. The Morgan fingerprint density at radius 2 is 2.20 bits per heavy atom. The zero-order valence-corrected chi connectivity index (χ0v) is 8.73. The number of hydrogen-bond acceptors (Lipinski definition) is 4. The van der Waals surface area contributed by atoms with Crippen LogP contribution in [0.4, 0.5) is 0 Å². The molecule has 4 nitrogen and oxygen atoms in total. The molecule has 80 valence electrons. The first-order valence-corrected chi connectivity index (χ1v) is 5.06. The molecule has 1 fully saturated rings. The summed E-state index contributed by atoms with van der Waals surface area (Å²) >= 11 is 0. The van der Waals surface area contributed by atoms with E-state index in [1.165, 1.54) is 5.56 Å². The minimum atomic E-state index is 0.273. The van der Waals surface area contributed by atoms with E-state index in [4.69, 9.17) is 10.2 Å². The van der Waals surface area contributed by atoms with Crippen LogP contribution in [0.1, 0.15) is 12.5 Å². The van der Waals surface area contributed by atoms with E-state index >= 15 is 0 Å². The van der Waals surface area contributed by atoms with Gasteiger partial charge in [0, 0.05) is 6.04 Å². The van der Waals surface area contributed by atoms with Crippen molar-refractivity contribution in [1.82, 2.24) is 10.6 Å². The molecule has 1 aromatic rings. The van der Waals surface area contributed by atoms with Gasteiger partial charge in [0.1, 0.15) is 0 Å². The third-order valence-electron chi connectivity index (χ3n) is 2.51. The van der Waals surface area contributed by atoms with Gasteiger partial charge in [-0.05, 0) is 18.9 Å². The normalized spacial score (nSPS) is 18.9. The van der Waals surface area contributed by atoms with Crippen LogP contribution in [0.3, 0.4) is 0 Å². The van der Waals surface area contributed by atoms with Gasteiger partial charge in [-0.1, -0.05) is 35.9 Å². The first-order valence-electron chi connectivity index (χ1n) is 5.06. The lowest BCUT2D eigenvalue weighted by atomic mass is 10.1. The summed E-state index contributed by atoms with van der Waals surface area (Å²) in [5.41, 5.74) is 4.03. The van der Waals surface area contributed by atoms with Crippen LogP contribution in [-0.2, 0) is 11.3 Å². The molecule has 1 saturated heterocycles. The molecule has 1 heterocycles. The smallest absolute Gasteiger partial charge is 0.224 e. The number of hydrazine groups is 1. The molecule has 0 radical (unpaired) electrons. The minimum absolute atomic E-state index is 0.273. The molecular weight excluding hydrogens is 190 g/mol. The summed E-state index contributed by atoms with van der Waals surface area (Å²) in [6.45, 7) is 2.65. The molecule has 0 aromatic heterocycles. The third kappa shape index (κ3) is 2.55. The van der Waals surface area contributed by atoms with Crippen LogP contribution < -0.4 is 5.59 Å². The predicted octanol–water partition coefficient (Wildman–Crippen LogP) is 1.35. The van der Waals surface area contributed by atoms with Gasteiger partial charge in [0.05, 0.1) is 6.54 Å². The number of hydrogen-bond donors (Lipinski definition) is 2. The Bertz CT molecular complexity index is 339. The molecule has 0 bridgehead atoms. The summed E-state index contributed by atoms with van der Waals surface area (Å²) in [4.78, 5) is 4.88. The number of nitrogens with one attached hydrogen (secondary N) is 2. The van der Waals surface area contributed by atoms with Crippen molar-refractivity contribution in [2.75, 3.05) is 6.54 Å². The summed E-state index contributed by atoms with van der Waals surface area (Å²) in [7, 11) is 0. The second kappa shape index (κ2) is 4.42. The Labute approximate surface area is 89.3 Å². The molecule has 1 atom stereocenters. The van der Waals surface area contributed by atoms with Crippen molar-refractivity contribution in [2.24, 2.45) is 0 Å². The summed E-state index contributed by atoms with van der Waals surface area (Å²) in [6.07, 6.45) is 0.949. The second-order valence-corrected chi connectivity index (χ2v) is 3.78. The maximum absolute atomic E-state index is 7.33. The second-order valence-electron chi connectivity index (χ2n) is 3.78. The molecule has 1 aliphatic rings. The van der Waals surface area contributed by atoms with Crippen LogP contribution >= 0.6 is 0 Å². The third-order valence-corrected chi connectivity index (χ3v) is 2.51. The van der Waals surface area contributed by atoms with E-state index in [2.05, 4.69) is 24.6 Å². The first kappa shape index (κ1) is 10.1. The number of nitrogens with zero attached hydrogens (tertiary/aromatic N) is 1. The van der Waals surface area contributed by atoms with Gasteiger partial charge < -0.3 is 4.84 Å². The van der Waals surface area contributed by atoms with E-state index in [9.17, 15) is 0 Å². The molecule has 0 unspecified atom stereocenters. The van der Waals surface area contributed by atoms with Gasteiger partial charge in [0.15, 0.2) is 0 Å². The van der Waals surface area contributed by atoms with Crippen molar-refractivity contribution in [2.45, 2.75) is 19.4 Å². The van der Waals surface area contributed by atoms with Gasteiger partial charge in [-0.25, -0.2) is 0 Å². The van der Waals surface area contributed by atoms with E-state index in [1.807, 2.05) is 23.2 Å². The largest absolute Gasteiger partial charge is 0.377 e. The summed E-state index contributed by atoms with van der Waals surface area (Å²) in [5, 5.41) is 9.25.